The lowest BCUT2D eigenvalue weighted by Crippen LogP contribution is -2.35. The molecule has 2 bridgehead atoms. The Morgan fingerprint density at radius 1 is 0.829 bits per heavy atom. The number of rotatable bonds is 8. The van der Waals surface area contributed by atoms with Gasteiger partial charge in [0.2, 0.25) is 11.8 Å². The number of allylic oxidation sites excluding steroid dienone is 2. The predicted molar refractivity (Wildman–Crippen MR) is 122 cm³/mol. The molecule has 35 heavy (non-hydrogen) atoms. The van der Waals surface area contributed by atoms with E-state index in [0.29, 0.717) is 5.56 Å². The van der Waals surface area contributed by atoms with Crippen molar-refractivity contribution in [1.82, 2.24) is 4.90 Å². The van der Waals surface area contributed by atoms with Crippen LogP contribution in [0.25, 0.3) is 0 Å². The number of ketones is 1. The summed E-state index contributed by atoms with van der Waals surface area (Å²) in [6.45, 7) is -0.512. The van der Waals surface area contributed by atoms with E-state index in [4.69, 9.17) is 9.47 Å². The van der Waals surface area contributed by atoms with Gasteiger partial charge in [-0.05, 0) is 54.7 Å². The van der Waals surface area contributed by atoms with Gasteiger partial charge < -0.3 is 9.47 Å². The molecule has 5 rings (SSSR count). The van der Waals surface area contributed by atoms with E-state index in [1.807, 2.05) is 12.2 Å². The Bertz CT molecular complexity index is 1190. The lowest BCUT2D eigenvalue weighted by Gasteiger charge is -2.16. The molecule has 1 saturated carbocycles. The van der Waals surface area contributed by atoms with Gasteiger partial charge in [-0.3, -0.25) is 24.1 Å². The van der Waals surface area contributed by atoms with Crippen LogP contribution in [-0.4, -0.2) is 47.6 Å². The van der Waals surface area contributed by atoms with Gasteiger partial charge in [0, 0.05) is 12.1 Å². The number of amides is 2. The van der Waals surface area contributed by atoms with Crippen LogP contribution in [0.5, 0.6) is 5.75 Å². The zero-order chi connectivity index (χ0) is 24.5. The van der Waals surface area contributed by atoms with Gasteiger partial charge in [0.05, 0.1) is 23.8 Å². The molecule has 1 aliphatic heterocycles. The van der Waals surface area contributed by atoms with Crippen LogP contribution >= 0.6 is 0 Å². The number of esters is 2. The fraction of sp³-hybridized carbons (Fsp3) is 0.296. The minimum absolute atomic E-state index is 0.0430. The van der Waals surface area contributed by atoms with Crippen LogP contribution in [0.3, 0.4) is 0 Å². The zero-order valence-electron chi connectivity index (χ0n) is 18.8. The van der Waals surface area contributed by atoms with Crippen molar-refractivity contribution < 1.29 is 33.4 Å². The minimum atomic E-state index is -0.662. The van der Waals surface area contributed by atoms with E-state index < -0.39 is 24.3 Å². The highest BCUT2D eigenvalue weighted by Gasteiger charge is 2.59. The fourth-order valence-corrected chi connectivity index (χ4v) is 5.14. The number of hydrogen-bond acceptors (Lipinski definition) is 7. The highest BCUT2D eigenvalue weighted by Crippen LogP contribution is 2.52. The largest absolute Gasteiger partial charge is 0.457 e. The Morgan fingerprint density at radius 3 is 2.09 bits per heavy atom. The van der Waals surface area contributed by atoms with Crippen LogP contribution in [0.1, 0.15) is 33.6 Å². The Balaban J connectivity index is 1.08. The molecule has 2 amide bonds. The van der Waals surface area contributed by atoms with Crippen LogP contribution in [0.15, 0.2) is 66.7 Å². The third-order valence-electron chi connectivity index (χ3n) is 6.86. The lowest BCUT2D eigenvalue weighted by molar-refractivity contribution is -0.145. The standard InChI is InChI=1S/C27H23NO7/c29-21(16-8-10-20(11-9-16)35-27(33)17-4-2-1-3-5-17)15-34-22(30)12-13-28-25(31)23-18-6-7-19(14-18)24(23)26(28)32/h1-11,18-19,23-24H,12-15H2. The second-order valence-corrected chi connectivity index (χ2v) is 8.94. The highest BCUT2D eigenvalue weighted by molar-refractivity contribution is 6.06. The van der Waals surface area contributed by atoms with Gasteiger partial charge >= 0.3 is 11.9 Å². The van der Waals surface area contributed by atoms with Gasteiger partial charge in [-0.1, -0.05) is 30.4 Å². The number of hydrogen-bond donors (Lipinski definition) is 0. The smallest absolute Gasteiger partial charge is 0.343 e. The SMILES string of the molecule is O=C(CCN1C(=O)C2C3C=CC(C3)C2C1=O)OCC(=O)c1ccc(OC(=O)c2ccccc2)cc1. The van der Waals surface area contributed by atoms with Crippen molar-refractivity contribution in [3.8, 4) is 5.75 Å². The summed E-state index contributed by atoms with van der Waals surface area (Å²) >= 11 is 0. The normalized spacial score (nSPS) is 23.9. The third-order valence-corrected chi connectivity index (χ3v) is 6.86. The molecule has 2 aromatic carbocycles. The number of benzene rings is 2. The van der Waals surface area contributed by atoms with E-state index in [1.54, 1.807) is 30.3 Å². The number of fused-ring (bicyclic) bond motifs is 5. The molecule has 4 unspecified atom stereocenters. The number of carbonyl (C=O) groups excluding carboxylic acids is 5. The molecule has 0 aromatic heterocycles. The number of carbonyl (C=O) groups is 5. The molecule has 2 aliphatic carbocycles. The van der Waals surface area contributed by atoms with Gasteiger partial charge in [0.1, 0.15) is 5.75 Å². The van der Waals surface area contributed by atoms with Gasteiger partial charge in [-0.15, -0.1) is 0 Å². The number of ether oxygens (including phenoxy) is 2. The van der Waals surface area contributed by atoms with E-state index in [9.17, 15) is 24.0 Å². The first-order chi connectivity index (χ1) is 16.9. The van der Waals surface area contributed by atoms with Gasteiger partial charge in [-0.25, -0.2) is 4.79 Å². The Labute approximate surface area is 201 Å². The average Bonchev–Trinajstić information content (AvgIpc) is 3.56. The lowest BCUT2D eigenvalue weighted by atomic mass is 9.85. The molecule has 8 heteroatoms. The van der Waals surface area contributed by atoms with Crippen molar-refractivity contribution in [1.29, 1.82) is 0 Å². The molecular formula is C27H23NO7. The van der Waals surface area contributed by atoms with Crippen LogP contribution in [0.2, 0.25) is 0 Å². The van der Waals surface area contributed by atoms with Gasteiger partial charge in [0.15, 0.2) is 12.4 Å². The molecule has 8 nitrogen and oxygen atoms in total. The molecular weight excluding hydrogens is 450 g/mol. The molecule has 3 aliphatic rings. The summed E-state index contributed by atoms with van der Waals surface area (Å²) in [6, 6.07) is 14.4. The number of imide groups is 1. The van der Waals surface area contributed by atoms with E-state index in [0.717, 1.165) is 6.42 Å². The summed E-state index contributed by atoms with van der Waals surface area (Å²) in [6.07, 6.45) is 4.71. The monoisotopic (exact) mass is 473 g/mol. The summed E-state index contributed by atoms with van der Waals surface area (Å²) in [4.78, 5) is 63.1. The molecule has 4 atom stereocenters. The molecule has 1 heterocycles. The maximum Gasteiger partial charge on any atom is 0.343 e. The Morgan fingerprint density at radius 2 is 1.46 bits per heavy atom. The van der Waals surface area contributed by atoms with Gasteiger partial charge in [-0.2, -0.15) is 0 Å². The predicted octanol–water partition coefficient (Wildman–Crippen LogP) is 2.83. The minimum Gasteiger partial charge on any atom is -0.457 e. The first kappa shape index (κ1) is 22.7. The quantitative estimate of drug-likeness (QED) is 0.191. The molecule has 0 spiro atoms. The maximum atomic E-state index is 12.7. The average molecular weight is 473 g/mol. The van der Waals surface area contributed by atoms with Crippen molar-refractivity contribution in [2.75, 3.05) is 13.2 Å². The van der Waals surface area contributed by atoms with Crippen molar-refractivity contribution in [3.63, 3.8) is 0 Å². The first-order valence-electron chi connectivity index (χ1n) is 11.5. The van der Waals surface area contributed by atoms with Crippen LogP contribution < -0.4 is 4.74 Å². The van der Waals surface area contributed by atoms with Crippen molar-refractivity contribution in [3.05, 3.63) is 77.9 Å². The van der Waals surface area contributed by atoms with Crippen LogP contribution in [0, 0.1) is 23.7 Å². The van der Waals surface area contributed by atoms with Crippen LogP contribution in [0.4, 0.5) is 0 Å². The molecule has 1 saturated heterocycles. The summed E-state index contributed by atoms with van der Waals surface area (Å²) in [7, 11) is 0. The number of likely N-dealkylation sites (tertiary alicyclic amines) is 1. The zero-order valence-corrected chi connectivity index (χ0v) is 18.8. The van der Waals surface area contributed by atoms with E-state index in [1.165, 1.54) is 29.2 Å². The van der Waals surface area contributed by atoms with Crippen molar-refractivity contribution in [2.24, 2.45) is 23.7 Å². The number of nitrogens with zero attached hydrogens (tertiary/aromatic N) is 1. The highest BCUT2D eigenvalue weighted by atomic mass is 16.5. The molecule has 0 radical (unpaired) electrons. The van der Waals surface area contributed by atoms with Gasteiger partial charge in [0.25, 0.3) is 0 Å². The summed E-state index contributed by atoms with van der Waals surface area (Å²) < 4.78 is 10.3. The van der Waals surface area contributed by atoms with Crippen molar-refractivity contribution in [2.45, 2.75) is 12.8 Å². The van der Waals surface area contributed by atoms with E-state index in [2.05, 4.69) is 0 Å². The second-order valence-electron chi connectivity index (χ2n) is 8.94. The Hall–Kier alpha value is -4.07. The maximum absolute atomic E-state index is 12.7. The van der Waals surface area contributed by atoms with Crippen LogP contribution in [-0.2, 0) is 19.1 Å². The Kier molecular flexibility index (Phi) is 6.03. The van der Waals surface area contributed by atoms with Crippen molar-refractivity contribution >= 4 is 29.5 Å². The fourth-order valence-electron chi connectivity index (χ4n) is 5.14. The summed E-state index contributed by atoms with van der Waals surface area (Å²) in [5.41, 5.74) is 0.696. The number of Topliss-reactive ketones (excluding diaryl/α,β-unsaturated/α-hetero) is 1. The third kappa shape index (κ3) is 4.39. The van der Waals surface area contributed by atoms with E-state index in [-0.39, 0.29) is 59.8 Å². The second kappa shape index (κ2) is 9.29. The molecule has 0 N–H and O–H groups in total. The molecule has 2 fully saturated rings. The molecule has 178 valence electrons. The summed E-state index contributed by atoms with van der Waals surface area (Å²) in [5.74, 6) is -2.12. The first-order valence-corrected chi connectivity index (χ1v) is 11.5. The van der Waals surface area contributed by atoms with E-state index >= 15 is 0 Å². The summed E-state index contributed by atoms with van der Waals surface area (Å²) in [5, 5.41) is 0. The topological polar surface area (TPSA) is 107 Å². The molecule has 2 aromatic rings.